The zero-order valence-electron chi connectivity index (χ0n) is 13.2. The molecule has 1 aromatic heterocycles. The molecule has 1 aromatic carbocycles. The molecule has 128 valence electrons. The largest absolute Gasteiger partial charge is 0.491 e. The number of carbonyl (C=O) groups excluding carboxylic acids is 1. The van der Waals surface area contributed by atoms with E-state index in [-0.39, 0.29) is 0 Å². The molecule has 0 atom stereocenters. The van der Waals surface area contributed by atoms with Crippen LogP contribution in [0.3, 0.4) is 0 Å². The van der Waals surface area contributed by atoms with Crippen molar-refractivity contribution < 1.29 is 19.5 Å². The SMILES string of the molecule is O=C(NO)c1sc(N2CCOCC2)cc1OCCc1ccccc1. The summed E-state index contributed by atoms with van der Waals surface area (Å²) in [5.74, 6) is -0.0433. The average Bonchev–Trinajstić information content (AvgIpc) is 3.07. The highest BCUT2D eigenvalue weighted by Gasteiger charge is 2.21. The predicted octanol–water partition coefficient (Wildman–Crippen LogP) is 2.33. The highest BCUT2D eigenvalue weighted by atomic mass is 32.1. The van der Waals surface area contributed by atoms with E-state index >= 15 is 0 Å². The number of hydrogen-bond donors (Lipinski definition) is 2. The second kappa shape index (κ2) is 8.14. The van der Waals surface area contributed by atoms with E-state index in [4.69, 9.17) is 14.7 Å². The summed E-state index contributed by atoms with van der Waals surface area (Å²) in [7, 11) is 0. The monoisotopic (exact) mass is 348 g/mol. The third kappa shape index (κ3) is 4.05. The molecule has 3 rings (SSSR count). The van der Waals surface area contributed by atoms with Crippen LogP contribution in [-0.4, -0.2) is 44.0 Å². The van der Waals surface area contributed by atoms with E-state index in [1.807, 2.05) is 36.4 Å². The number of anilines is 1. The third-order valence-corrected chi connectivity index (χ3v) is 4.98. The maximum atomic E-state index is 11.9. The first-order valence-electron chi connectivity index (χ1n) is 7.85. The van der Waals surface area contributed by atoms with Crippen molar-refractivity contribution >= 4 is 22.2 Å². The van der Waals surface area contributed by atoms with E-state index in [2.05, 4.69) is 4.90 Å². The lowest BCUT2D eigenvalue weighted by molar-refractivity contribution is 0.0707. The Morgan fingerprint density at radius 3 is 2.75 bits per heavy atom. The fraction of sp³-hybridized carbons (Fsp3) is 0.353. The normalized spacial score (nSPS) is 14.5. The molecule has 1 aliphatic rings. The standard InChI is InChI=1S/C17H20N2O4S/c20-17(18-21)16-14(23-9-6-13-4-2-1-3-5-13)12-15(24-16)19-7-10-22-11-8-19/h1-5,12,21H,6-11H2,(H,18,20). The number of benzene rings is 1. The van der Waals surface area contributed by atoms with Gasteiger partial charge in [0.05, 0.1) is 24.8 Å². The molecule has 0 saturated carbocycles. The number of thiophene rings is 1. The molecule has 2 aromatic rings. The van der Waals surface area contributed by atoms with Crippen LogP contribution in [-0.2, 0) is 11.2 Å². The summed E-state index contributed by atoms with van der Waals surface area (Å²) < 4.78 is 11.2. The van der Waals surface area contributed by atoms with Gasteiger partial charge in [0.15, 0.2) is 0 Å². The minimum Gasteiger partial charge on any atom is -0.491 e. The molecule has 0 aliphatic carbocycles. The van der Waals surface area contributed by atoms with Crippen LogP contribution < -0.4 is 15.1 Å². The number of carbonyl (C=O) groups is 1. The Labute approximate surface area is 144 Å². The molecule has 2 heterocycles. The first-order valence-corrected chi connectivity index (χ1v) is 8.67. The summed E-state index contributed by atoms with van der Waals surface area (Å²) in [6.45, 7) is 3.37. The number of amides is 1. The number of nitrogens with zero attached hydrogens (tertiary/aromatic N) is 1. The van der Waals surface area contributed by atoms with E-state index in [9.17, 15) is 4.79 Å². The summed E-state index contributed by atoms with van der Waals surface area (Å²) in [6, 6.07) is 11.9. The summed E-state index contributed by atoms with van der Waals surface area (Å²) in [4.78, 5) is 14.4. The van der Waals surface area contributed by atoms with Gasteiger partial charge in [-0.2, -0.15) is 0 Å². The number of ether oxygens (including phenoxy) is 2. The number of nitrogens with one attached hydrogen (secondary N) is 1. The van der Waals surface area contributed by atoms with Crippen molar-refractivity contribution in [1.82, 2.24) is 5.48 Å². The minimum absolute atomic E-state index is 0.382. The van der Waals surface area contributed by atoms with Crippen molar-refractivity contribution in [3.63, 3.8) is 0 Å². The topological polar surface area (TPSA) is 71.0 Å². The van der Waals surface area contributed by atoms with Gasteiger partial charge in [-0.05, 0) is 5.56 Å². The van der Waals surface area contributed by atoms with Crippen molar-refractivity contribution in [1.29, 1.82) is 0 Å². The van der Waals surface area contributed by atoms with Crippen LogP contribution in [0, 0.1) is 0 Å². The van der Waals surface area contributed by atoms with Crippen LogP contribution in [0.4, 0.5) is 5.00 Å². The maximum absolute atomic E-state index is 11.9. The lowest BCUT2D eigenvalue weighted by Gasteiger charge is -2.27. The fourth-order valence-corrected chi connectivity index (χ4v) is 3.58. The smallest absolute Gasteiger partial charge is 0.288 e. The summed E-state index contributed by atoms with van der Waals surface area (Å²) in [5, 5.41) is 9.90. The van der Waals surface area contributed by atoms with Crippen LogP contribution in [0.25, 0.3) is 0 Å². The van der Waals surface area contributed by atoms with Crippen LogP contribution in [0.2, 0.25) is 0 Å². The highest BCUT2D eigenvalue weighted by molar-refractivity contribution is 7.18. The Bertz CT molecular complexity index is 668. The van der Waals surface area contributed by atoms with Gasteiger partial charge in [0.2, 0.25) is 0 Å². The van der Waals surface area contributed by atoms with Crippen molar-refractivity contribution in [2.45, 2.75) is 6.42 Å². The zero-order valence-corrected chi connectivity index (χ0v) is 14.1. The zero-order chi connectivity index (χ0) is 16.8. The second-order valence-electron chi connectivity index (χ2n) is 5.40. The Kier molecular flexibility index (Phi) is 5.68. The van der Waals surface area contributed by atoms with E-state index in [0.29, 0.717) is 30.4 Å². The van der Waals surface area contributed by atoms with Crippen molar-refractivity contribution in [2.75, 3.05) is 37.8 Å². The minimum atomic E-state index is -0.547. The Morgan fingerprint density at radius 2 is 2.04 bits per heavy atom. The average molecular weight is 348 g/mol. The molecule has 1 amide bonds. The lowest BCUT2D eigenvalue weighted by Crippen LogP contribution is -2.35. The molecule has 0 radical (unpaired) electrons. The Balaban J connectivity index is 1.70. The van der Waals surface area contributed by atoms with Crippen molar-refractivity contribution in [3.05, 3.63) is 46.8 Å². The van der Waals surface area contributed by atoms with Gasteiger partial charge in [0, 0.05) is 25.6 Å². The van der Waals surface area contributed by atoms with Gasteiger partial charge >= 0.3 is 0 Å². The fourth-order valence-electron chi connectivity index (χ4n) is 2.54. The molecule has 6 nitrogen and oxygen atoms in total. The van der Waals surface area contributed by atoms with Crippen LogP contribution in [0.1, 0.15) is 15.2 Å². The number of hydrogen-bond acceptors (Lipinski definition) is 6. The first-order chi connectivity index (χ1) is 11.8. The van der Waals surface area contributed by atoms with Gasteiger partial charge in [-0.3, -0.25) is 10.0 Å². The molecule has 1 saturated heterocycles. The molecule has 0 unspecified atom stereocenters. The molecular formula is C17H20N2O4S. The molecule has 0 spiro atoms. The van der Waals surface area contributed by atoms with E-state index in [1.54, 1.807) is 5.48 Å². The summed E-state index contributed by atoms with van der Waals surface area (Å²) in [6.07, 6.45) is 0.754. The molecule has 1 aliphatic heterocycles. The molecular weight excluding hydrogens is 328 g/mol. The summed E-state index contributed by atoms with van der Waals surface area (Å²) in [5.41, 5.74) is 2.87. The number of hydroxylamine groups is 1. The van der Waals surface area contributed by atoms with Crippen LogP contribution in [0.15, 0.2) is 36.4 Å². The highest BCUT2D eigenvalue weighted by Crippen LogP contribution is 2.36. The lowest BCUT2D eigenvalue weighted by atomic mass is 10.2. The molecule has 0 bridgehead atoms. The maximum Gasteiger partial charge on any atom is 0.288 e. The second-order valence-corrected chi connectivity index (χ2v) is 6.43. The van der Waals surface area contributed by atoms with Crippen LogP contribution in [0.5, 0.6) is 5.75 Å². The van der Waals surface area contributed by atoms with Crippen molar-refractivity contribution in [2.24, 2.45) is 0 Å². The number of rotatable bonds is 6. The van der Waals surface area contributed by atoms with Gasteiger partial charge in [0.25, 0.3) is 5.91 Å². The van der Waals surface area contributed by atoms with Crippen LogP contribution >= 0.6 is 11.3 Å². The molecule has 2 N–H and O–H groups in total. The van der Waals surface area contributed by atoms with Gasteiger partial charge < -0.3 is 14.4 Å². The summed E-state index contributed by atoms with van der Waals surface area (Å²) >= 11 is 1.32. The molecule has 1 fully saturated rings. The van der Waals surface area contributed by atoms with E-state index in [1.165, 1.54) is 16.9 Å². The van der Waals surface area contributed by atoms with E-state index in [0.717, 1.165) is 24.5 Å². The van der Waals surface area contributed by atoms with Gasteiger partial charge in [-0.15, -0.1) is 11.3 Å². The third-order valence-electron chi connectivity index (χ3n) is 3.81. The predicted molar refractivity (Wildman–Crippen MR) is 92.2 cm³/mol. The first kappa shape index (κ1) is 16.8. The van der Waals surface area contributed by atoms with Gasteiger partial charge in [-0.1, -0.05) is 30.3 Å². The van der Waals surface area contributed by atoms with Crippen molar-refractivity contribution in [3.8, 4) is 5.75 Å². The molecule has 7 heteroatoms. The Hall–Kier alpha value is -2.09. The number of morpholine rings is 1. The van der Waals surface area contributed by atoms with Gasteiger partial charge in [0.1, 0.15) is 10.6 Å². The Morgan fingerprint density at radius 1 is 1.29 bits per heavy atom. The van der Waals surface area contributed by atoms with E-state index < -0.39 is 5.91 Å². The van der Waals surface area contributed by atoms with Gasteiger partial charge in [-0.25, -0.2) is 5.48 Å². The quantitative estimate of drug-likeness (QED) is 0.619. The molecule has 24 heavy (non-hydrogen) atoms.